The monoisotopic (exact) mass is 448 g/mol. The van der Waals surface area contributed by atoms with Crippen molar-refractivity contribution in [3.8, 4) is 0 Å². The third-order valence-electron chi connectivity index (χ3n) is 3.91. The van der Waals surface area contributed by atoms with E-state index < -0.39 is 11.8 Å². The Kier molecular flexibility index (Phi) is 7.19. The number of benzene rings is 2. The molecule has 150 valence electrons. The molecule has 3 rings (SSSR count). The Bertz CT molecular complexity index is 1020. The van der Waals surface area contributed by atoms with Gasteiger partial charge in [-0.2, -0.15) is 0 Å². The minimum atomic E-state index is -0.525. The average Bonchev–Trinajstić information content (AvgIpc) is 3.07. The summed E-state index contributed by atoms with van der Waals surface area (Å²) in [5.41, 5.74) is 1.70. The second kappa shape index (κ2) is 9.82. The van der Waals surface area contributed by atoms with E-state index in [1.807, 2.05) is 30.3 Å². The fourth-order valence-corrected chi connectivity index (χ4v) is 4.15. The average molecular weight is 449 g/mol. The molecule has 0 unspecified atom stereocenters. The van der Waals surface area contributed by atoms with Crippen molar-refractivity contribution in [3.63, 3.8) is 0 Å². The van der Waals surface area contributed by atoms with Crippen LogP contribution in [-0.4, -0.2) is 17.7 Å². The van der Waals surface area contributed by atoms with E-state index >= 15 is 0 Å². The van der Waals surface area contributed by atoms with Crippen LogP contribution < -0.4 is 10.6 Å². The maximum Gasteiger partial charge on any atom is 0.341 e. The van der Waals surface area contributed by atoms with Crippen molar-refractivity contribution in [1.82, 2.24) is 0 Å². The predicted octanol–water partition coefficient (Wildman–Crippen LogP) is 6.12. The van der Waals surface area contributed by atoms with Crippen LogP contribution in [-0.2, 0) is 11.2 Å². The molecule has 0 amide bonds. The SMILES string of the molecule is CCOC(=O)c1cc(Cc2ccccc2)sc1NC(=S)Nc1ccc(Cl)cc1F. The van der Waals surface area contributed by atoms with Crippen molar-refractivity contribution in [2.24, 2.45) is 0 Å². The smallest absolute Gasteiger partial charge is 0.341 e. The van der Waals surface area contributed by atoms with E-state index in [0.717, 1.165) is 10.4 Å². The van der Waals surface area contributed by atoms with E-state index in [4.69, 9.17) is 28.6 Å². The lowest BCUT2D eigenvalue weighted by atomic mass is 10.1. The van der Waals surface area contributed by atoms with E-state index in [1.165, 1.54) is 23.5 Å². The van der Waals surface area contributed by atoms with Crippen LogP contribution in [0.15, 0.2) is 54.6 Å². The topological polar surface area (TPSA) is 50.4 Å². The van der Waals surface area contributed by atoms with E-state index in [-0.39, 0.29) is 17.4 Å². The summed E-state index contributed by atoms with van der Waals surface area (Å²) in [5, 5.41) is 6.76. The fourth-order valence-electron chi connectivity index (χ4n) is 2.63. The second-order valence-electron chi connectivity index (χ2n) is 6.04. The highest BCUT2D eigenvalue weighted by Crippen LogP contribution is 2.31. The summed E-state index contributed by atoms with van der Waals surface area (Å²) < 4.78 is 19.2. The standard InChI is InChI=1S/C21H18ClFN2O2S2/c1-2-27-20(26)16-12-15(10-13-6-4-3-5-7-13)29-19(16)25-21(28)24-18-9-8-14(22)11-17(18)23/h3-9,11-12H,2,10H2,1H3,(H2,24,25,28). The summed E-state index contributed by atoms with van der Waals surface area (Å²) in [6.45, 7) is 2.01. The van der Waals surface area contributed by atoms with Crippen molar-refractivity contribution in [3.05, 3.63) is 81.4 Å². The van der Waals surface area contributed by atoms with Gasteiger partial charge in [0.1, 0.15) is 10.8 Å². The van der Waals surface area contributed by atoms with Crippen molar-refractivity contribution in [1.29, 1.82) is 0 Å². The number of nitrogens with one attached hydrogen (secondary N) is 2. The summed E-state index contributed by atoms with van der Waals surface area (Å²) in [4.78, 5) is 13.3. The molecule has 0 fully saturated rings. The van der Waals surface area contributed by atoms with E-state index in [9.17, 15) is 9.18 Å². The molecule has 0 radical (unpaired) electrons. The predicted molar refractivity (Wildman–Crippen MR) is 121 cm³/mol. The van der Waals surface area contributed by atoms with E-state index in [1.54, 1.807) is 19.1 Å². The molecular weight excluding hydrogens is 431 g/mol. The highest BCUT2D eigenvalue weighted by Gasteiger charge is 2.19. The third-order valence-corrected chi connectivity index (χ3v) is 5.40. The van der Waals surface area contributed by atoms with Gasteiger partial charge in [0, 0.05) is 16.3 Å². The lowest BCUT2D eigenvalue weighted by molar-refractivity contribution is 0.0528. The van der Waals surface area contributed by atoms with Gasteiger partial charge in [0.25, 0.3) is 0 Å². The van der Waals surface area contributed by atoms with Crippen LogP contribution >= 0.6 is 35.2 Å². The zero-order valence-corrected chi connectivity index (χ0v) is 17.9. The van der Waals surface area contributed by atoms with Crippen LogP contribution in [0.5, 0.6) is 0 Å². The molecule has 2 N–H and O–H groups in total. The van der Waals surface area contributed by atoms with E-state index in [2.05, 4.69) is 10.6 Å². The van der Waals surface area contributed by atoms with Crippen LogP contribution in [0.25, 0.3) is 0 Å². The lowest BCUT2D eigenvalue weighted by Gasteiger charge is -2.11. The number of hydrogen-bond donors (Lipinski definition) is 2. The molecule has 0 spiro atoms. The van der Waals surface area contributed by atoms with E-state index in [0.29, 0.717) is 22.0 Å². The number of carbonyl (C=O) groups excluding carboxylic acids is 1. The Morgan fingerprint density at radius 2 is 1.93 bits per heavy atom. The van der Waals surface area contributed by atoms with Gasteiger partial charge in [0.2, 0.25) is 0 Å². The zero-order chi connectivity index (χ0) is 20.8. The Morgan fingerprint density at radius 3 is 2.62 bits per heavy atom. The number of carbonyl (C=O) groups is 1. The first-order chi connectivity index (χ1) is 14.0. The first kappa shape index (κ1) is 21.2. The minimum absolute atomic E-state index is 0.157. The van der Waals surface area contributed by atoms with Crippen molar-refractivity contribution in [2.75, 3.05) is 17.2 Å². The molecule has 4 nitrogen and oxygen atoms in total. The van der Waals surface area contributed by atoms with Gasteiger partial charge >= 0.3 is 5.97 Å². The van der Waals surface area contributed by atoms with Gasteiger partial charge in [-0.1, -0.05) is 41.9 Å². The van der Waals surface area contributed by atoms with Gasteiger partial charge < -0.3 is 15.4 Å². The molecule has 0 aliphatic carbocycles. The van der Waals surface area contributed by atoms with Crippen molar-refractivity contribution in [2.45, 2.75) is 13.3 Å². The Morgan fingerprint density at radius 1 is 1.17 bits per heavy atom. The minimum Gasteiger partial charge on any atom is -0.462 e. The molecular formula is C21H18ClFN2O2S2. The highest BCUT2D eigenvalue weighted by atomic mass is 35.5. The summed E-state index contributed by atoms with van der Waals surface area (Å²) in [5.74, 6) is -0.964. The molecule has 0 atom stereocenters. The molecule has 2 aromatic carbocycles. The zero-order valence-electron chi connectivity index (χ0n) is 15.5. The number of rotatable bonds is 6. The summed E-state index contributed by atoms with van der Waals surface area (Å²) >= 11 is 12.5. The molecule has 0 saturated carbocycles. The van der Waals surface area contributed by atoms with Gasteiger partial charge in [0.15, 0.2) is 5.11 Å². The largest absolute Gasteiger partial charge is 0.462 e. The molecule has 1 heterocycles. The van der Waals surface area contributed by atoms with Gasteiger partial charge in [-0.25, -0.2) is 9.18 Å². The number of anilines is 2. The van der Waals surface area contributed by atoms with Gasteiger partial charge in [-0.15, -0.1) is 11.3 Å². The Balaban J connectivity index is 1.80. The lowest BCUT2D eigenvalue weighted by Crippen LogP contribution is -2.20. The van der Waals surface area contributed by atoms with Gasteiger partial charge in [0.05, 0.1) is 17.9 Å². The van der Waals surface area contributed by atoms with Gasteiger partial charge in [-0.05, 0) is 49.0 Å². The molecule has 1 aromatic heterocycles. The Labute approximate surface area is 182 Å². The molecule has 29 heavy (non-hydrogen) atoms. The van der Waals surface area contributed by atoms with Crippen molar-refractivity contribution < 1.29 is 13.9 Å². The van der Waals surface area contributed by atoms with Crippen LogP contribution in [0.2, 0.25) is 5.02 Å². The third kappa shape index (κ3) is 5.76. The number of esters is 1. The van der Waals surface area contributed by atoms with Crippen LogP contribution in [0.1, 0.15) is 27.7 Å². The summed E-state index contributed by atoms with van der Waals surface area (Å²) in [6, 6.07) is 16.0. The molecule has 0 aliphatic heterocycles. The van der Waals surface area contributed by atoms with Gasteiger partial charge in [-0.3, -0.25) is 0 Å². The number of ether oxygens (including phenoxy) is 1. The maximum absolute atomic E-state index is 14.0. The van der Waals surface area contributed by atoms with Crippen LogP contribution in [0.3, 0.4) is 0 Å². The number of thiophene rings is 1. The van der Waals surface area contributed by atoms with Crippen LogP contribution in [0, 0.1) is 5.82 Å². The maximum atomic E-state index is 14.0. The van der Waals surface area contributed by atoms with Crippen LogP contribution in [0.4, 0.5) is 15.1 Å². The summed E-state index contributed by atoms with van der Waals surface area (Å²) in [6.07, 6.45) is 0.672. The Hall–Kier alpha value is -2.48. The molecule has 8 heteroatoms. The second-order valence-corrected chi connectivity index (χ2v) is 8.02. The highest BCUT2D eigenvalue weighted by molar-refractivity contribution is 7.80. The summed E-state index contributed by atoms with van der Waals surface area (Å²) in [7, 11) is 0. The number of thiocarbonyl (C=S) groups is 1. The fraction of sp³-hybridized carbons (Fsp3) is 0.143. The molecule has 0 saturated heterocycles. The molecule has 0 bridgehead atoms. The van der Waals surface area contributed by atoms with Crippen molar-refractivity contribution >= 4 is 56.9 Å². The quantitative estimate of drug-likeness (QED) is 0.351. The normalized spacial score (nSPS) is 10.4. The molecule has 0 aliphatic rings. The number of halogens is 2. The molecule has 3 aromatic rings. The first-order valence-corrected chi connectivity index (χ1v) is 10.4. The number of hydrogen-bond acceptors (Lipinski definition) is 4. The first-order valence-electron chi connectivity index (χ1n) is 8.83.